The molecule has 6 heteroatoms. The van der Waals surface area contributed by atoms with Gasteiger partial charge in [-0.3, -0.25) is 0 Å². The molecule has 0 saturated heterocycles. The first-order valence-corrected chi connectivity index (χ1v) is 5.99. The summed E-state index contributed by atoms with van der Waals surface area (Å²) in [7, 11) is 0. The summed E-state index contributed by atoms with van der Waals surface area (Å²) in [5.74, 6) is 1.89. The molecule has 1 aliphatic carbocycles. The molecule has 1 atom stereocenters. The van der Waals surface area contributed by atoms with Crippen molar-refractivity contribution in [2.24, 2.45) is 5.92 Å². The molecule has 6 nitrogen and oxygen atoms in total. The summed E-state index contributed by atoms with van der Waals surface area (Å²) >= 11 is 0. The van der Waals surface area contributed by atoms with E-state index in [0.29, 0.717) is 31.4 Å². The maximum atomic E-state index is 9.61. The molecule has 2 rings (SSSR count). The van der Waals surface area contributed by atoms with Gasteiger partial charge in [0, 0.05) is 20.1 Å². The van der Waals surface area contributed by atoms with Crippen LogP contribution in [-0.4, -0.2) is 41.1 Å². The second-order valence-corrected chi connectivity index (χ2v) is 4.50. The lowest BCUT2D eigenvalue weighted by molar-refractivity contribution is 0.0323. The fourth-order valence-electron chi connectivity index (χ4n) is 1.48. The summed E-state index contributed by atoms with van der Waals surface area (Å²) in [5, 5.41) is 16.4. The first-order chi connectivity index (χ1) is 8.24. The highest BCUT2D eigenvalue weighted by molar-refractivity contribution is 4.83. The van der Waals surface area contributed by atoms with Gasteiger partial charge in [-0.15, -0.1) is 0 Å². The van der Waals surface area contributed by atoms with Crippen molar-refractivity contribution in [3.05, 3.63) is 11.7 Å². The van der Waals surface area contributed by atoms with Crippen LogP contribution >= 0.6 is 0 Å². The molecule has 17 heavy (non-hydrogen) atoms. The van der Waals surface area contributed by atoms with E-state index >= 15 is 0 Å². The number of aliphatic hydroxyl groups is 1. The number of ether oxygens (including phenoxy) is 1. The predicted molar refractivity (Wildman–Crippen MR) is 60.3 cm³/mol. The Morgan fingerprint density at radius 1 is 1.59 bits per heavy atom. The lowest BCUT2D eigenvalue weighted by Gasteiger charge is -2.11. The van der Waals surface area contributed by atoms with Gasteiger partial charge in [0.1, 0.15) is 0 Å². The number of hydrogen-bond acceptors (Lipinski definition) is 6. The average Bonchev–Trinajstić information content (AvgIpc) is 3.02. The molecule has 96 valence electrons. The Bertz CT molecular complexity index is 338. The van der Waals surface area contributed by atoms with Crippen LogP contribution in [0.3, 0.4) is 0 Å². The second-order valence-electron chi connectivity index (χ2n) is 4.50. The maximum absolute atomic E-state index is 9.61. The number of rotatable bonds is 8. The molecular formula is C11H19N3O3. The van der Waals surface area contributed by atoms with Gasteiger partial charge in [0.25, 0.3) is 0 Å². The minimum Gasteiger partial charge on any atom is -0.389 e. The smallest absolute Gasteiger partial charge is 0.223 e. The van der Waals surface area contributed by atoms with Crippen molar-refractivity contribution in [3.8, 4) is 0 Å². The van der Waals surface area contributed by atoms with Crippen LogP contribution in [0.1, 0.15) is 24.6 Å². The monoisotopic (exact) mass is 241 g/mol. The van der Waals surface area contributed by atoms with Crippen LogP contribution in [0.4, 0.5) is 0 Å². The van der Waals surface area contributed by atoms with Crippen LogP contribution in [0.25, 0.3) is 0 Å². The number of aromatic nitrogens is 2. The van der Waals surface area contributed by atoms with Gasteiger partial charge in [-0.25, -0.2) is 0 Å². The van der Waals surface area contributed by atoms with E-state index in [1.165, 1.54) is 12.8 Å². The summed E-state index contributed by atoms with van der Waals surface area (Å²) in [4.78, 5) is 4.05. The van der Waals surface area contributed by atoms with E-state index in [1.807, 2.05) is 0 Å². The molecule has 1 fully saturated rings. The number of nitrogens with one attached hydrogen (secondary N) is 1. The van der Waals surface area contributed by atoms with Crippen LogP contribution in [-0.2, 0) is 11.3 Å². The van der Waals surface area contributed by atoms with E-state index in [9.17, 15) is 5.11 Å². The van der Waals surface area contributed by atoms with Crippen LogP contribution in [0, 0.1) is 12.8 Å². The van der Waals surface area contributed by atoms with E-state index in [4.69, 9.17) is 9.26 Å². The maximum Gasteiger partial charge on any atom is 0.223 e. The lowest BCUT2D eigenvalue weighted by Crippen LogP contribution is -2.30. The molecule has 0 radical (unpaired) electrons. The highest BCUT2D eigenvalue weighted by Crippen LogP contribution is 2.28. The minimum absolute atomic E-state index is 0.384. The van der Waals surface area contributed by atoms with Gasteiger partial charge in [0.2, 0.25) is 5.89 Å². The zero-order valence-corrected chi connectivity index (χ0v) is 10.1. The van der Waals surface area contributed by atoms with E-state index in [2.05, 4.69) is 15.5 Å². The minimum atomic E-state index is -0.484. The average molecular weight is 241 g/mol. The van der Waals surface area contributed by atoms with Crippen molar-refractivity contribution >= 4 is 0 Å². The Morgan fingerprint density at radius 3 is 3.06 bits per heavy atom. The Balaban J connectivity index is 1.51. The van der Waals surface area contributed by atoms with Gasteiger partial charge in [0.05, 0.1) is 19.3 Å². The van der Waals surface area contributed by atoms with Crippen molar-refractivity contribution in [1.29, 1.82) is 0 Å². The predicted octanol–water partition coefficient (Wildman–Crippen LogP) is 0.255. The third kappa shape index (κ3) is 4.80. The lowest BCUT2D eigenvalue weighted by atomic mass is 10.3. The molecule has 1 heterocycles. The van der Waals surface area contributed by atoms with Crippen LogP contribution < -0.4 is 5.32 Å². The van der Waals surface area contributed by atoms with Crippen molar-refractivity contribution in [1.82, 2.24) is 15.5 Å². The van der Waals surface area contributed by atoms with Crippen molar-refractivity contribution in [2.45, 2.75) is 32.4 Å². The molecule has 0 bridgehead atoms. The molecule has 1 saturated carbocycles. The number of hydrogen-bond donors (Lipinski definition) is 2. The van der Waals surface area contributed by atoms with Gasteiger partial charge in [-0.1, -0.05) is 5.16 Å². The molecule has 1 unspecified atom stereocenters. The van der Waals surface area contributed by atoms with Crippen molar-refractivity contribution in [2.75, 3.05) is 19.8 Å². The Kier molecular flexibility index (Phi) is 4.47. The van der Waals surface area contributed by atoms with Gasteiger partial charge < -0.3 is 19.7 Å². The third-order valence-corrected chi connectivity index (χ3v) is 2.59. The molecule has 0 aromatic carbocycles. The summed E-state index contributed by atoms with van der Waals surface area (Å²) in [6.45, 7) is 3.88. The normalized spacial score (nSPS) is 17.3. The van der Waals surface area contributed by atoms with Crippen LogP contribution in [0.15, 0.2) is 4.52 Å². The first kappa shape index (κ1) is 12.5. The summed E-state index contributed by atoms with van der Waals surface area (Å²) in [6, 6.07) is 0. The van der Waals surface area contributed by atoms with E-state index < -0.39 is 6.10 Å². The topological polar surface area (TPSA) is 80.4 Å². The summed E-state index contributed by atoms with van der Waals surface area (Å²) < 4.78 is 10.2. The van der Waals surface area contributed by atoms with E-state index in [-0.39, 0.29) is 0 Å². The summed E-state index contributed by atoms with van der Waals surface area (Å²) in [6.07, 6.45) is 2.05. The standard InChI is InChI=1S/C11H19N3O3/c1-8-13-11(14-17-8)5-12-4-10(15)7-16-6-9-2-3-9/h9-10,12,15H,2-7H2,1H3. The van der Waals surface area contributed by atoms with Crippen LogP contribution in [0.2, 0.25) is 0 Å². The third-order valence-electron chi connectivity index (χ3n) is 2.59. The molecule has 1 aromatic rings. The Morgan fingerprint density at radius 2 is 2.41 bits per heavy atom. The van der Waals surface area contributed by atoms with E-state index in [1.54, 1.807) is 6.92 Å². The fraction of sp³-hybridized carbons (Fsp3) is 0.818. The zero-order chi connectivity index (χ0) is 12.1. The Hall–Kier alpha value is -0.980. The molecular weight excluding hydrogens is 222 g/mol. The number of aliphatic hydroxyl groups excluding tert-OH is 1. The van der Waals surface area contributed by atoms with Crippen molar-refractivity contribution < 1.29 is 14.4 Å². The zero-order valence-electron chi connectivity index (χ0n) is 10.1. The SMILES string of the molecule is Cc1nc(CNCC(O)COCC2CC2)no1. The fourth-order valence-corrected chi connectivity index (χ4v) is 1.48. The molecule has 0 aliphatic heterocycles. The first-order valence-electron chi connectivity index (χ1n) is 5.99. The molecule has 0 amide bonds. The molecule has 2 N–H and O–H groups in total. The van der Waals surface area contributed by atoms with Crippen LogP contribution in [0.5, 0.6) is 0 Å². The quantitative estimate of drug-likeness (QED) is 0.679. The highest BCUT2D eigenvalue weighted by atomic mass is 16.5. The second kappa shape index (κ2) is 6.09. The number of aryl methyl sites for hydroxylation is 1. The van der Waals surface area contributed by atoms with Gasteiger partial charge >= 0.3 is 0 Å². The summed E-state index contributed by atoms with van der Waals surface area (Å²) in [5.41, 5.74) is 0. The van der Waals surface area contributed by atoms with Gasteiger partial charge in [-0.2, -0.15) is 4.98 Å². The van der Waals surface area contributed by atoms with E-state index in [0.717, 1.165) is 12.5 Å². The molecule has 0 spiro atoms. The Labute approximate surface area is 100 Å². The van der Waals surface area contributed by atoms with Gasteiger partial charge in [-0.05, 0) is 18.8 Å². The molecule has 1 aromatic heterocycles. The number of nitrogens with zero attached hydrogens (tertiary/aromatic N) is 2. The van der Waals surface area contributed by atoms with Gasteiger partial charge in [0.15, 0.2) is 5.82 Å². The van der Waals surface area contributed by atoms with Crippen molar-refractivity contribution in [3.63, 3.8) is 0 Å². The largest absolute Gasteiger partial charge is 0.389 e. The highest BCUT2D eigenvalue weighted by Gasteiger charge is 2.21. The molecule has 1 aliphatic rings.